The summed E-state index contributed by atoms with van der Waals surface area (Å²) in [6.45, 7) is -0.612. The second-order valence-corrected chi connectivity index (χ2v) is 5.73. The number of alkyl halides is 2. The number of rotatable bonds is 5. The summed E-state index contributed by atoms with van der Waals surface area (Å²) in [5, 5.41) is 2.69. The molecule has 2 aromatic rings. The molecule has 0 atom stereocenters. The zero-order valence-electron chi connectivity index (χ0n) is 13.8. The number of carbonyl (C=O) groups is 2. The van der Waals surface area contributed by atoms with Gasteiger partial charge in [-0.2, -0.15) is 0 Å². The largest absolute Gasteiger partial charge is 0.586 e. The van der Waals surface area contributed by atoms with Crippen LogP contribution in [-0.4, -0.2) is 31.9 Å². The highest BCUT2D eigenvalue weighted by molar-refractivity contribution is 6.31. The number of esters is 1. The first-order valence-electron chi connectivity index (χ1n) is 7.48. The molecule has 10 heteroatoms. The standard InChI is InChI=1S/C17H12ClF2NO6/c1-24-12-4-2-9(18)6-11(12)16(23)25-8-15(22)21-10-3-5-13-14(7-10)27-17(19,20)26-13/h2-7H,8H2,1H3,(H,21,22). The lowest BCUT2D eigenvalue weighted by atomic mass is 10.2. The lowest BCUT2D eigenvalue weighted by molar-refractivity contribution is -0.286. The van der Waals surface area contributed by atoms with Crippen LogP contribution in [0.3, 0.4) is 0 Å². The molecule has 27 heavy (non-hydrogen) atoms. The first-order chi connectivity index (χ1) is 12.8. The molecule has 1 heterocycles. The Labute approximate surface area is 156 Å². The van der Waals surface area contributed by atoms with Gasteiger partial charge in [-0.05, 0) is 30.3 Å². The molecule has 0 saturated heterocycles. The topological polar surface area (TPSA) is 83.1 Å². The first-order valence-corrected chi connectivity index (χ1v) is 7.85. The van der Waals surface area contributed by atoms with Gasteiger partial charge in [0, 0.05) is 16.8 Å². The van der Waals surface area contributed by atoms with Gasteiger partial charge in [-0.15, -0.1) is 8.78 Å². The van der Waals surface area contributed by atoms with Crippen molar-refractivity contribution < 1.29 is 37.3 Å². The molecule has 0 unspecified atom stereocenters. The van der Waals surface area contributed by atoms with Crippen LogP contribution in [0.25, 0.3) is 0 Å². The van der Waals surface area contributed by atoms with Gasteiger partial charge >= 0.3 is 12.3 Å². The van der Waals surface area contributed by atoms with Gasteiger partial charge in [0.2, 0.25) is 0 Å². The molecule has 1 aliphatic heterocycles. The summed E-state index contributed by atoms with van der Waals surface area (Å²) in [5.74, 6) is -1.64. The molecule has 7 nitrogen and oxygen atoms in total. The van der Waals surface area contributed by atoms with Gasteiger partial charge in [-0.1, -0.05) is 11.6 Å². The van der Waals surface area contributed by atoms with Gasteiger partial charge in [0.25, 0.3) is 5.91 Å². The van der Waals surface area contributed by atoms with Crippen molar-refractivity contribution in [2.24, 2.45) is 0 Å². The fraction of sp³-hybridized carbons (Fsp3) is 0.176. The molecule has 0 aromatic heterocycles. The van der Waals surface area contributed by atoms with Gasteiger partial charge in [0.05, 0.1) is 7.11 Å². The molecule has 142 valence electrons. The number of fused-ring (bicyclic) bond motifs is 1. The number of anilines is 1. The third-order valence-electron chi connectivity index (χ3n) is 3.40. The van der Waals surface area contributed by atoms with Crippen LogP contribution in [0, 0.1) is 0 Å². The van der Waals surface area contributed by atoms with Crippen molar-refractivity contribution in [1.29, 1.82) is 0 Å². The van der Waals surface area contributed by atoms with Crippen LogP contribution in [0.1, 0.15) is 10.4 Å². The van der Waals surface area contributed by atoms with Gasteiger partial charge in [-0.3, -0.25) is 4.79 Å². The molecular formula is C17H12ClF2NO6. The van der Waals surface area contributed by atoms with Crippen LogP contribution >= 0.6 is 11.6 Å². The maximum absolute atomic E-state index is 13.0. The summed E-state index contributed by atoms with van der Waals surface area (Å²) in [4.78, 5) is 24.0. The highest BCUT2D eigenvalue weighted by atomic mass is 35.5. The Morgan fingerprint density at radius 2 is 1.89 bits per heavy atom. The number of amides is 1. The van der Waals surface area contributed by atoms with Crippen LogP contribution in [0.2, 0.25) is 5.02 Å². The molecule has 0 spiro atoms. The highest BCUT2D eigenvalue weighted by Gasteiger charge is 2.43. The van der Waals surface area contributed by atoms with Crippen molar-refractivity contribution >= 4 is 29.2 Å². The Bertz CT molecular complexity index is 905. The van der Waals surface area contributed by atoms with Crippen LogP contribution in [0.4, 0.5) is 14.5 Å². The third kappa shape index (κ3) is 4.37. The number of hydrogen-bond acceptors (Lipinski definition) is 6. The summed E-state index contributed by atoms with van der Waals surface area (Å²) < 4.78 is 44.5. The third-order valence-corrected chi connectivity index (χ3v) is 3.64. The number of carbonyl (C=O) groups excluding carboxylic acids is 2. The molecule has 0 saturated carbocycles. The van der Waals surface area contributed by atoms with Crippen LogP contribution in [0.5, 0.6) is 17.2 Å². The second kappa shape index (κ2) is 7.28. The summed E-state index contributed by atoms with van der Waals surface area (Å²) in [6.07, 6.45) is -3.75. The summed E-state index contributed by atoms with van der Waals surface area (Å²) in [7, 11) is 1.37. The first kappa shape index (κ1) is 18.7. The fourth-order valence-electron chi connectivity index (χ4n) is 2.27. The van der Waals surface area contributed by atoms with E-state index in [0.29, 0.717) is 5.02 Å². The number of hydrogen-bond donors (Lipinski definition) is 1. The predicted molar refractivity (Wildman–Crippen MR) is 89.6 cm³/mol. The van der Waals surface area contributed by atoms with E-state index >= 15 is 0 Å². The summed E-state index contributed by atoms with van der Waals surface area (Å²) in [5.41, 5.74) is 0.222. The SMILES string of the molecule is COc1ccc(Cl)cc1C(=O)OCC(=O)Nc1ccc2c(c1)OC(F)(F)O2. The van der Waals surface area contributed by atoms with Crippen molar-refractivity contribution in [2.45, 2.75) is 6.29 Å². The minimum absolute atomic E-state index is 0.0584. The van der Waals surface area contributed by atoms with Gasteiger partial charge < -0.3 is 24.3 Å². The predicted octanol–water partition coefficient (Wildman–Crippen LogP) is 3.47. The van der Waals surface area contributed by atoms with Crippen molar-refractivity contribution in [3.05, 3.63) is 47.0 Å². The molecule has 0 bridgehead atoms. The molecular weight excluding hydrogens is 388 g/mol. The van der Waals surface area contributed by atoms with Crippen molar-refractivity contribution in [3.8, 4) is 17.2 Å². The zero-order chi connectivity index (χ0) is 19.6. The Morgan fingerprint density at radius 1 is 1.15 bits per heavy atom. The number of benzene rings is 2. The molecule has 0 fully saturated rings. The molecule has 1 N–H and O–H groups in total. The summed E-state index contributed by atoms with van der Waals surface area (Å²) in [6, 6.07) is 8.08. The molecule has 0 radical (unpaired) electrons. The average molecular weight is 400 g/mol. The zero-order valence-corrected chi connectivity index (χ0v) is 14.5. The molecule has 2 aromatic carbocycles. The fourth-order valence-corrected chi connectivity index (χ4v) is 2.44. The minimum Gasteiger partial charge on any atom is -0.496 e. The van der Waals surface area contributed by atoms with E-state index in [4.69, 9.17) is 21.1 Å². The normalized spacial score (nSPS) is 13.8. The Morgan fingerprint density at radius 3 is 2.63 bits per heavy atom. The maximum Gasteiger partial charge on any atom is 0.586 e. The molecule has 1 aliphatic rings. The minimum atomic E-state index is -3.75. The number of methoxy groups -OCH3 is 1. The number of halogens is 3. The molecule has 3 rings (SSSR count). The average Bonchev–Trinajstić information content (AvgIpc) is 2.92. The Balaban J connectivity index is 1.59. The smallest absolute Gasteiger partial charge is 0.496 e. The van der Waals surface area contributed by atoms with E-state index in [1.54, 1.807) is 0 Å². The van der Waals surface area contributed by atoms with E-state index < -0.39 is 24.8 Å². The lowest BCUT2D eigenvalue weighted by Gasteiger charge is -2.10. The van der Waals surface area contributed by atoms with Crippen molar-refractivity contribution in [3.63, 3.8) is 0 Å². The van der Waals surface area contributed by atoms with Gasteiger partial charge in [0.15, 0.2) is 18.1 Å². The maximum atomic E-state index is 13.0. The van der Waals surface area contributed by atoms with Crippen LogP contribution in [-0.2, 0) is 9.53 Å². The monoisotopic (exact) mass is 399 g/mol. The van der Waals surface area contributed by atoms with Crippen molar-refractivity contribution in [2.75, 3.05) is 19.0 Å². The van der Waals surface area contributed by atoms with Crippen LogP contribution in [0.15, 0.2) is 36.4 Å². The number of nitrogens with one attached hydrogen (secondary N) is 1. The second-order valence-electron chi connectivity index (χ2n) is 5.30. The Kier molecular flexibility index (Phi) is 5.04. The van der Waals surface area contributed by atoms with E-state index in [1.165, 1.54) is 37.4 Å². The summed E-state index contributed by atoms with van der Waals surface area (Å²) >= 11 is 5.84. The van der Waals surface area contributed by atoms with Gasteiger partial charge in [0.1, 0.15) is 11.3 Å². The quantitative estimate of drug-likeness (QED) is 0.775. The van der Waals surface area contributed by atoms with E-state index in [1.807, 2.05) is 0 Å². The Hall–Kier alpha value is -3.07. The van der Waals surface area contributed by atoms with E-state index in [0.717, 1.165) is 6.07 Å². The van der Waals surface area contributed by atoms with E-state index in [-0.39, 0.29) is 28.5 Å². The van der Waals surface area contributed by atoms with Gasteiger partial charge in [-0.25, -0.2) is 4.79 Å². The molecule has 0 aliphatic carbocycles. The van der Waals surface area contributed by atoms with E-state index in [2.05, 4.69) is 14.8 Å². The lowest BCUT2D eigenvalue weighted by Crippen LogP contribution is -2.25. The number of ether oxygens (including phenoxy) is 4. The molecule has 1 amide bonds. The van der Waals surface area contributed by atoms with Crippen LogP contribution < -0.4 is 19.5 Å². The highest BCUT2D eigenvalue weighted by Crippen LogP contribution is 2.42. The van der Waals surface area contributed by atoms with Crippen molar-refractivity contribution in [1.82, 2.24) is 0 Å². The van der Waals surface area contributed by atoms with E-state index in [9.17, 15) is 18.4 Å².